The topological polar surface area (TPSA) is 78.6 Å². The van der Waals surface area contributed by atoms with Crippen molar-refractivity contribution in [3.05, 3.63) is 59.2 Å². The van der Waals surface area contributed by atoms with E-state index in [1.54, 1.807) is 12.1 Å². The third-order valence-electron chi connectivity index (χ3n) is 3.30. The van der Waals surface area contributed by atoms with E-state index in [-0.39, 0.29) is 0 Å². The summed E-state index contributed by atoms with van der Waals surface area (Å²) >= 11 is 0. The molecule has 22 heavy (non-hydrogen) atoms. The Kier molecular flexibility index (Phi) is 4.91. The first-order chi connectivity index (χ1) is 10.6. The van der Waals surface area contributed by atoms with Crippen LogP contribution in [0.1, 0.15) is 26.3 Å². The van der Waals surface area contributed by atoms with Gasteiger partial charge >= 0.3 is 11.9 Å². The maximum Gasteiger partial charge on any atom is 0.337 e. The molecule has 0 saturated heterocycles. The minimum absolute atomic E-state index is 0.295. The standard InChI is InChI=1S/C17H17NO4/c1-21-16(19)14-7-13(8-15(9-14)17(20)22-2)12-5-3-11(10-18)4-6-12/h3-9H,10,18H2,1-2H3. The van der Waals surface area contributed by atoms with Gasteiger partial charge in [-0.05, 0) is 34.9 Å². The van der Waals surface area contributed by atoms with E-state index < -0.39 is 11.9 Å². The van der Waals surface area contributed by atoms with Gasteiger partial charge in [0.15, 0.2) is 0 Å². The fraction of sp³-hybridized carbons (Fsp3) is 0.176. The van der Waals surface area contributed by atoms with Crippen LogP contribution in [0.3, 0.4) is 0 Å². The van der Waals surface area contributed by atoms with Crippen LogP contribution in [-0.2, 0) is 16.0 Å². The normalized spacial score (nSPS) is 10.1. The molecular weight excluding hydrogens is 282 g/mol. The van der Waals surface area contributed by atoms with Crippen molar-refractivity contribution in [2.24, 2.45) is 5.73 Å². The van der Waals surface area contributed by atoms with Gasteiger partial charge in [0, 0.05) is 6.54 Å². The predicted octanol–water partition coefficient (Wildman–Crippen LogP) is 2.39. The van der Waals surface area contributed by atoms with Crippen molar-refractivity contribution < 1.29 is 19.1 Å². The molecule has 0 heterocycles. The Hall–Kier alpha value is -2.66. The van der Waals surface area contributed by atoms with Crippen LogP contribution in [0.4, 0.5) is 0 Å². The lowest BCUT2D eigenvalue weighted by Gasteiger charge is -2.09. The Morgan fingerprint density at radius 3 is 1.77 bits per heavy atom. The highest BCUT2D eigenvalue weighted by Gasteiger charge is 2.14. The van der Waals surface area contributed by atoms with E-state index in [9.17, 15) is 9.59 Å². The number of nitrogens with two attached hydrogens (primary N) is 1. The molecule has 2 N–H and O–H groups in total. The van der Waals surface area contributed by atoms with Gasteiger partial charge in [0.1, 0.15) is 0 Å². The fourth-order valence-corrected chi connectivity index (χ4v) is 2.10. The Balaban J connectivity index is 2.53. The number of carbonyl (C=O) groups is 2. The van der Waals surface area contributed by atoms with Gasteiger partial charge in [0.25, 0.3) is 0 Å². The first-order valence-corrected chi connectivity index (χ1v) is 6.70. The first-order valence-electron chi connectivity index (χ1n) is 6.70. The number of benzene rings is 2. The van der Waals surface area contributed by atoms with E-state index in [1.165, 1.54) is 20.3 Å². The van der Waals surface area contributed by atoms with Crippen molar-refractivity contribution >= 4 is 11.9 Å². The molecular formula is C17H17NO4. The second kappa shape index (κ2) is 6.87. The number of hydrogen-bond acceptors (Lipinski definition) is 5. The van der Waals surface area contributed by atoms with Crippen molar-refractivity contribution in [3.63, 3.8) is 0 Å². The largest absolute Gasteiger partial charge is 0.465 e. The summed E-state index contributed by atoms with van der Waals surface area (Å²) in [4.78, 5) is 23.5. The number of esters is 2. The van der Waals surface area contributed by atoms with Crippen LogP contribution in [0.5, 0.6) is 0 Å². The minimum Gasteiger partial charge on any atom is -0.465 e. The summed E-state index contributed by atoms with van der Waals surface area (Å²) in [5.74, 6) is -1.02. The molecule has 0 fully saturated rings. The summed E-state index contributed by atoms with van der Waals surface area (Å²) in [6.07, 6.45) is 0. The Morgan fingerprint density at radius 2 is 1.36 bits per heavy atom. The van der Waals surface area contributed by atoms with Crippen molar-refractivity contribution in [3.8, 4) is 11.1 Å². The zero-order valence-electron chi connectivity index (χ0n) is 12.5. The van der Waals surface area contributed by atoms with Gasteiger partial charge in [-0.15, -0.1) is 0 Å². The lowest BCUT2D eigenvalue weighted by Crippen LogP contribution is -2.07. The Labute approximate surface area is 128 Å². The average Bonchev–Trinajstić information content (AvgIpc) is 2.59. The molecule has 2 aromatic carbocycles. The third kappa shape index (κ3) is 3.32. The second-order valence-corrected chi connectivity index (χ2v) is 4.68. The van der Waals surface area contributed by atoms with Crippen LogP contribution < -0.4 is 5.73 Å². The average molecular weight is 299 g/mol. The van der Waals surface area contributed by atoms with E-state index >= 15 is 0 Å². The molecule has 0 bridgehead atoms. The molecule has 0 atom stereocenters. The molecule has 0 spiro atoms. The van der Waals surface area contributed by atoms with Crippen LogP contribution in [0.15, 0.2) is 42.5 Å². The maximum atomic E-state index is 11.8. The van der Waals surface area contributed by atoms with Gasteiger partial charge < -0.3 is 15.2 Å². The molecule has 2 rings (SSSR count). The van der Waals surface area contributed by atoms with Crippen molar-refractivity contribution in [1.82, 2.24) is 0 Å². The molecule has 5 heteroatoms. The van der Waals surface area contributed by atoms with Crippen molar-refractivity contribution in [1.29, 1.82) is 0 Å². The Morgan fingerprint density at radius 1 is 0.864 bits per heavy atom. The van der Waals surface area contributed by atoms with Gasteiger partial charge in [-0.2, -0.15) is 0 Å². The van der Waals surface area contributed by atoms with Crippen molar-refractivity contribution in [2.45, 2.75) is 6.54 Å². The lowest BCUT2D eigenvalue weighted by atomic mass is 9.99. The highest BCUT2D eigenvalue weighted by atomic mass is 16.5. The van der Waals surface area contributed by atoms with Gasteiger partial charge in [-0.1, -0.05) is 24.3 Å². The molecule has 0 aliphatic rings. The molecule has 2 aromatic rings. The zero-order valence-corrected chi connectivity index (χ0v) is 12.5. The van der Waals surface area contributed by atoms with Crippen LogP contribution in [0.25, 0.3) is 11.1 Å². The van der Waals surface area contributed by atoms with Crippen LogP contribution in [-0.4, -0.2) is 26.2 Å². The summed E-state index contributed by atoms with van der Waals surface area (Å²) in [5, 5.41) is 0. The number of ether oxygens (including phenoxy) is 2. The Bertz CT molecular complexity index is 658. The van der Waals surface area contributed by atoms with E-state index in [4.69, 9.17) is 15.2 Å². The van der Waals surface area contributed by atoms with Gasteiger partial charge in [0.2, 0.25) is 0 Å². The van der Waals surface area contributed by atoms with E-state index in [0.29, 0.717) is 17.7 Å². The monoisotopic (exact) mass is 299 g/mol. The number of hydrogen-bond donors (Lipinski definition) is 1. The molecule has 114 valence electrons. The molecule has 0 aliphatic heterocycles. The van der Waals surface area contributed by atoms with E-state index in [1.807, 2.05) is 24.3 Å². The number of carbonyl (C=O) groups excluding carboxylic acids is 2. The second-order valence-electron chi connectivity index (χ2n) is 4.68. The predicted molar refractivity (Wildman–Crippen MR) is 82.4 cm³/mol. The van der Waals surface area contributed by atoms with Crippen LogP contribution in [0.2, 0.25) is 0 Å². The molecule has 0 aliphatic carbocycles. The van der Waals surface area contributed by atoms with Gasteiger partial charge in [0.05, 0.1) is 25.3 Å². The molecule has 0 radical (unpaired) electrons. The summed E-state index contributed by atoms with van der Waals surface area (Å²) < 4.78 is 9.45. The molecule has 5 nitrogen and oxygen atoms in total. The highest BCUT2D eigenvalue weighted by Crippen LogP contribution is 2.24. The summed E-state index contributed by atoms with van der Waals surface area (Å²) in [5.41, 5.74) is 8.77. The minimum atomic E-state index is -0.509. The summed E-state index contributed by atoms with van der Waals surface area (Å²) in [6, 6.07) is 12.4. The smallest absolute Gasteiger partial charge is 0.337 e. The van der Waals surface area contributed by atoms with E-state index in [2.05, 4.69) is 0 Å². The summed E-state index contributed by atoms with van der Waals surface area (Å²) in [6.45, 7) is 0.454. The molecule has 0 amide bonds. The zero-order chi connectivity index (χ0) is 16.1. The lowest BCUT2D eigenvalue weighted by molar-refractivity contribution is 0.0599. The number of methoxy groups -OCH3 is 2. The van der Waals surface area contributed by atoms with Gasteiger partial charge in [-0.25, -0.2) is 9.59 Å². The number of rotatable bonds is 4. The highest BCUT2D eigenvalue weighted by molar-refractivity contribution is 5.97. The molecule has 0 saturated carbocycles. The fourth-order valence-electron chi connectivity index (χ4n) is 2.10. The first kappa shape index (κ1) is 15.7. The molecule has 0 aromatic heterocycles. The SMILES string of the molecule is COC(=O)c1cc(C(=O)OC)cc(-c2ccc(CN)cc2)c1. The maximum absolute atomic E-state index is 11.8. The van der Waals surface area contributed by atoms with Crippen LogP contribution >= 0.6 is 0 Å². The third-order valence-corrected chi connectivity index (χ3v) is 3.30. The van der Waals surface area contributed by atoms with Crippen molar-refractivity contribution in [2.75, 3.05) is 14.2 Å². The van der Waals surface area contributed by atoms with Gasteiger partial charge in [-0.3, -0.25) is 0 Å². The molecule has 0 unspecified atom stereocenters. The van der Waals surface area contributed by atoms with Crippen LogP contribution in [0, 0.1) is 0 Å². The quantitative estimate of drug-likeness (QED) is 0.877. The van der Waals surface area contributed by atoms with E-state index in [0.717, 1.165) is 16.7 Å². The summed E-state index contributed by atoms with van der Waals surface area (Å²) in [7, 11) is 2.59.